The van der Waals surface area contributed by atoms with Gasteiger partial charge in [-0.2, -0.15) is 0 Å². The molecule has 33 heavy (non-hydrogen) atoms. The third-order valence-electron chi connectivity index (χ3n) is 5.28. The fourth-order valence-corrected chi connectivity index (χ4v) is 3.45. The van der Waals surface area contributed by atoms with E-state index in [9.17, 15) is 0 Å². The van der Waals surface area contributed by atoms with Gasteiger partial charge < -0.3 is 14.6 Å². The first-order valence-corrected chi connectivity index (χ1v) is 10.2. The first-order chi connectivity index (χ1) is 16.0. The van der Waals surface area contributed by atoms with Crippen molar-refractivity contribution in [3.8, 4) is 11.5 Å². The lowest BCUT2D eigenvalue weighted by atomic mass is 10.2. The number of hydrogen-bond acceptors (Lipinski definition) is 9. The normalized spacial score (nSPS) is 11.2. The van der Waals surface area contributed by atoms with Gasteiger partial charge in [0, 0.05) is 25.8 Å². The summed E-state index contributed by atoms with van der Waals surface area (Å²) in [6, 6.07) is 11.7. The molecule has 0 bridgehead atoms. The number of anilines is 3. The largest absolute Gasteiger partial charge is 0.457 e. The van der Waals surface area contributed by atoms with Gasteiger partial charge in [-0.3, -0.25) is 4.84 Å². The van der Waals surface area contributed by atoms with Gasteiger partial charge in [-0.05, 0) is 42.8 Å². The van der Waals surface area contributed by atoms with Crippen LogP contribution in [0.25, 0.3) is 22.1 Å². The van der Waals surface area contributed by atoms with Crippen molar-refractivity contribution < 1.29 is 9.57 Å². The Morgan fingerprint density at radius 1 is 1.00 bits per heavy atom. The van der Waals surface area contributed by atoms with Gasteiger partial charge in [0.25, 0.3) is 0 Å². The molecule has 3 aromatic heterocycles. The Labute approximate surface area is 189 Å². The number of ether oxygens (including phenoxy) is 1. The van der Waals surface area contributed by atoms with Gasteiger partial charge in [-0.15, -0.1) is 0 Å². The van der Waals surface area contributed by atoms with Crippen LogP contribution in [-0.2, 0) is 11.9 Å². The Morgan fingerprint density at radius 3 is 2.70 bits per heavy atom. The highest BCUT2D eigenvalue weighted by molar-refractivity contribution is 5.87. The van der Waals surface area contributed by atoms with Crippen molar-refractivity contribution in [2.45, 2.75) is 6.92 Å². The van der Waals surface area contributed by atoms with Crippen molar-refractivity contribution in [2.24, 2.45) is 7.05 Å². The molecule has 5 rings (SSSR count). The number of hydrogen-bond donors (Lipinski definition) is 1. The molecule has 0 spiro atoms. The lowest BCUT2D eigenvalue weighted by molar-refractivity contribution is 0.180. The quantitative estimate of drug-likeness (QED) is 0.388. The van der Waals surface area contributed by atoms with Crippen LogP contribution in [0, 0.1) is 6.92 Å². The Bertz CT molecular complexity index is 1470. The summed E-state index contributed by atoms with van der Waals surface area (Å²) in [5.74, 6) is 2.47. The van der Waals surface area contributed by atoms with Crippen LogP contribution in [0.15, 0.2) is 55.2 Å². The third kappa shape index (κ3) is 3.99. The summed E-state index contributed by atoms with van der Waals surface area (Å²) < 4.78 is 8.09. The molecule has 166 valence electrons. The lowest BCUT2D eigenvalue weighted by Crippen LogP contribution is -2.17. The van der Waals surface area contributed by atoms with E-state index in [0.717, 1.165) is 33.8 Å². The third-order valence-corrected chi connectivity index (χ3v) is 5.28. The standard InChI is InChI=1S/C23H22N8O2/c1-14-9-15(5-8-20(14)33-16-6-7-19-17(10-16)27-13-30(19)2)28-22-21-18(25-12-26-22)11-24-23(29-21)31(3)32-4/h5-13H,1-4H3,(H,25,26,28). The number of aryl methyl sites for hydroxylation is 2. The number of rotatable bonds is 6. The molecular formula is C23H22N8O2. The maximum atomic E-state index is 6.11. The van der Waals surface area contributed by atoms with Crippen molar-refractivity contribution in [3.63, 3.8) is 0 Å². The van der Waals surface area contributed by atoms with Crippen LogP contribution in [0.1, 0.15) is 5.56 Å². The Hall–Kier alpha value is -4.31. The molecule has 0 aliphatic rings. The second-order valence-corrected chi connectivity index (χ2v) is 7.52. The minimum atomic E-state index is 0.410. The Morgan fingerprint density at radius 2 is 1.88 bits per heavy atom. The van der Waals surface area contributed by atoms with E-state index in [2.05, 4.69) is 30.2 Å². The number of aromatic nitrogens is 6. The van der Waals surface area contributed by atoms with Crippen molar-refractivity contribution in [2.75, 3.05) is 24.5 Å². The average Bonchev–Trinajstić information content (AvgIpc) is 3.20. The van der Waals surface area contributed by atoms with E-state index in [0.29, 0.717) is 22.8 Å². The van der Waals surface area contributed by atoms with Gasteiger partial charge in [-0.25, -0.2) is 30.0 Å². The van der Waals surface area contributed by atoms with Crippen LogP contribution in [0.4, 0.5) is 17.5 Å². The molecule has 5 aromatic rings. The maximum Gasteiger partial charge on any atom is 0.250 e. The number of imidazole rings is 1. The Kier molecular flexibility index (Phi) is 5.19. The van der Waals surface area contributed by atoms with E-state index in [-0.39, 0.29) is 0 Å². The summed E-state index contributed by atoms with van der Waals surface area (Å²) in [7, 11) is 5.25. The fraction of sp³-hybridized carbons (Fsp3) is 0.174. The van der Waals surface area contributed by atoms with Crippen LogP contribution < -0.4 is 15.1 Å². The molecule has 10 heteroatoms. The highest BCUT2D eigenvalue weighted by atomic mass is 16.7. The summed E-state index contributed by atoms with van der Waals surface area (Å²) in [5.41, 5.74) is 4.98. The van der Waals surface area contributed by atoms with Crippen LogP contribution in [0.2, 0.25) is 0 Å². The molecule has 0 amide bonds. The van der Waals surface area contributed by atoms with E-state index in [1.807, 2.05) is 54.9 Å². The summed E-state index contributed by atoms with van der Waals surface area (Å²) in [4.78, 5) is 27.0. The second-order valence-electron chi connectivity index (χ2n) is 7.52. The molecule has 0 fully saturated rings. The molecule has 0 saturated carbocycles. The highest BCUT2D eigenvalue weighted by Gasteiger charge is 2.12. The molecular weight excluding hydrogens is 420 g/mol. The van der Waals surface area contributed by atoms with Crippen LogP contribution in [0.5, 0.6) is 11.5 Å². The number of nitrogens with zero attached hydrogens (tertiary/aromatic N) is 7. The van der Waals surface area contributed by atoms with Crippen molar-refractivity contribution in [1.82, 2.24) is 29.5 Å². The highest BCUT2D eigenvalue weighted by Crippen LogP contribution is 2.30. The zero-order chi connectivity index (χ0) is 22.9. The van der Waals surface area contributed by atoms with Gasteiger partial charge in [0.2, 0.25) is 5.95 Å². The fourth-order valence-electron chi connectivity index (χ4n) is 3.45. The van der Waals surface area contributed by atoms with E-state index in [1.54, 1.807) is 26.7 Å². The summed E-state index contributed by atoms with van der Waals surface area (Å²) in [5, 5.41) is 4.79. The van der Waals surface area contributed by atoms with E-state index < -0.39 is 0 Å². The predicted octanol–water partition coefficient (Wildman–Crippen LogP) is 4.15. The molecule has 0 radical (unpaired) electrons. The van der Waals surface area contributed by atoms with E-state index in [4.69, 9.17) is 9.57 Å². The molecule has 0 unspecified atom stereocenters. The molecule has 0 aliphatic heterocycles. The molecule has 10 nitrogen and oxygen atoms in total. The minimum Gasteiger partial charge on any atom is -0.457 e. The van der Waals surface area contributed by atoms with Crippen LogP contribution in [-0.4, -0.2) is 43.6 Å². The Balaban J connectivity index is 1.40. The molecule has 0 aliphatic carbocycles. The minimum absolute atomic E-state index is 0.410. The lowest BCUT2D eigenvalue weighted by Gasteiger charge is -2.15. The zero-order valence-electron chi connectivity index (χ0n) is 18.6. The van der Waals surface area contributed by atoms with E-state index in [1.165, 1.54) is 11.4 Å². The van der Waals surface area contributed by atoms with Gasteiger partial charge >= 0.3 is 0 Å². The van der Waals surface area contributed by atoms with Gasteiger partial charge in [0.15, 0.2) is 5.82 Å². The number of nitrogens with one attached hydrogen (secondary N) is 1. The SMILES string of the molecule is CON(C)c1ncc2ncnc(Nc3ccc(Oc4ccc5c(c4)ncn5C)c(C)c3)c2n1. The number of benzene rings is 2. The zero-order valence-corrected chi connectivity index (χ0v) is 18.6. The van der Waals surface area contributed by atoms with Crippen molar-refractivity contribution in [3.05, 3.63) is 60.8 Å². The first-order valence-electron chi connectivity index (χ1n) is 10.2. The molecule has 0 saturated heterocycles. The smallest absolute Gasteiger partial charge is 0.250 e. The van der Waals surface area contributed by atoms with Crippen LogP contribution >= 0.6 is 0 Å². The maximum absolute atomic E-state index is 6.11. The number of hydroxylamine groups is 1. The summed E-state index contributed by atoms with van der Waals surface area (Å²) >= 11 is 0. The van der Waals surface area contributed by atoms with Gasteiger partial charge in [-0.1, -0.05) is 0 Å². The van der Waals surface area contributed by atoms with Crippen molar-refractivity contribution in [1.29, 1.82) is 0 Å². The van der Waals surface area contributed by atoms with Crippen molar-refractivity contribution >= 4 is 39.5 Å². The monoisotopic (exact) mass is 442 g/mol. The molecule has 1 N–H and O–H groups in total. The molecule has 0 atom stereocenters. The van der Waals surface area contributed by atoms with Crippen LogP contribution in [0.3, 0.4) is 0 Å². The molecule has 2 aromatic carbocycles. The first kappa shape index (κ1) is 20.6. The second kappa shape index (κ2) is 8.32. The summed E-state index contributed by atoms with van der Waals surface area (Å²) in [6.45, 7) is 1.99. The van der Waals surface area contributed by atoms with Gasteiger partial charge in [0.05, 0.1) is 30.7 Å². The average molecular weight is 442 g/mol. The topological polar surface area (TPSA) is 103 Å². The number of fused-ring (bicyclic) bond motifs is 2. The summed E-state index contributed by atoms with van der Waals surface area (Å²) in [6.07, 6.45) is 4.91. The molecule has 3 heterocycles. The van der Waals surface area contributed by atoms with E-state index >= 15 is 0 Å². The van der Waals surface area contributed by atoms with Gasteiger partial charge in [0.1, 0.15) is 28.9 Å². The predicted molar refractivity (Wildman–Crippen MR) is 126 cm³/mol.